The average Bonchev–Trinajstić information content (AvgIpc) is 3.14. The lowest BCUT2D eigenvalue weighted by Crippen LogP contribution is -2.22. The van der Waals surface area contributed by atoms with Crippen molar-refractivity contribution in [3.8, 4) is 17.1 Å². The van der Waals surface area contributed by atoms with Crippen molar-refractivity contribution in [2.75, 3.05) is 25.9 Å². The van der Waals surface area contributed by atoms with E-state index < -0.39 is 0 Å². The first kappa shape index (κ1) is 13.9. The first-order valence-corrected chi connectivity index (χ1v) is 7.47. The molecule has 0 radical (unpaired) electrons. The highest BCUT2D eigenvalue weighted by atomic mass is 16.5. The fourth-order valence-corrected chi connectivity index (χ4v) is 2.75. The molecule has 23 heavy (non-hydrogen) atoms. The van der Waals surface area contributed by atoms with E-state index in [4.69, 9.17) is 10.5 Å². The third-order valence-electron chi connectivity index (χ3n) is 3.94. The average molecular weight is 311 g/mol. The van der Waals surface area contributed by atoms with Gasteiger partial charge in [-0.15, -0.1) is 5.10 Å². The Kier molecular flexibility index (Phi) is 3.30. The number of fused-ring (bicyclic) bond motifs is 1. The minimum absolute atomic E-state index is 0.178. The van der Waals surface area contributed by atoms with Gasteiger partial charge in [0.1, 0.15) is 6.10 Å². The molecule has 1 fully saturated rings. The Hall–Kier alpha value is -2.74. The van der Waals surface area contributed by atoms with Gasteiger partial charge in [0.15, 0.2) is 5.65 Å². The van der Waals surface area contributed by atoms with Crippen LogP contribution < -0.4 is 10.5 Å². The molecule has 1 aliphatic heterocycles. The second kappa shape index (κ2) is 5.47. The highest BCUT2D eigenvalue weighted by Crippen LogP contribution is 2.21. The van der Waals surface area contributed by atoms with Crippen LogP contribution in [0.5, 0.6) is 5.88 Å². The fraction of sp³-hybridized carbons (Fsp3) is 0.333. The number of imidazole rings is 1. The maximum atomic E-state index is 5.98. The number of nitrogen functional groups attached to an aromatic ring is 1. The summed E-state index contributed by atoms with van der Waals surface area (Å²) < 4.78 is 7.72. The second-order valence-electron chi connectivity index (χ2n) is 5.71. The van der Waals surface area contributed by atoms with Crippen molar-refractivity contribution in [1.82, 2.24) is 29.5 Å². The maximum absolute atomic E-state index is 5.98. The Labute approximate surface area is 132 Å². The molecular weight excluding hydrogens is 294 g/mol. The lowest BCUT2D eigenvalue weighted by molar-refractivity contribution is 0.197. The minimum Gasteiger partial charge on any atom is -0.472 e. The number of hydrogen-bond donors (Lipinski definition) is 1. The molecular formula is C15H17N7O. The zero-order chi connectivity index (χ0) is 15.8. The summed E-state index contributed by atoms with van der Waals surface area (Å²) >= 11 is 0. The molecule has 0 aliphatic carbocycles. The highest BCUT2D eigenvalue weighted by Gasteiger charge is 2.21. The quantitative estimate of drug-likeness (QED) is 0.766. The molecule has 118 valence electrons. The smallest absolute Gasteiger partial charge is 0.232 e. The van der Waals surface area contributed by atoms with Gasteiger partial charge in [0.25, 0.3) is 0 Å². The highest BCUT2D eigenvalue weighted by molar-refractivity contribution is 5.61. The number of aromatic nitrogens is 5. The van der Waals surface area contributed by atoms with Crippen molar-refractivity contribution >= 4 is 11.6 Å². The normalized spacial score (nSPS) is 18.6. The van der Waals surface area contributed by atoms with Gasteiger partial charge in [0, 0.05) is 37.1 Å². The van der Waals surface area contributed by atoms with Gasteiger partial charge in [-0.25, -0.2) is 19.5 Å². The van der Waals surface area contributed by atoms with Crippen molar-refractivity contribution in [1.29, 1.82) is 0 Å². The van der Waals surface area contributed by atoms with Crippen LogP contribution >= 0.6 is 0 Å². The Balaban J connectivity index is 1.67. The fourth-order valence-electron chi connectivity index (χ4n) is 2.75. The molecule has 0 aromatic carbocycles. The van der Waals surface area contributed by atoms with Gasteiger partial charge in [0.2, 0.25) is 11.8 Å². The van der Waals surface area contributed by atoms with Gasteiger partial charge in [-0.1, -0.05) is 0 Å². The zero-order valence-electron chi connectivity index (χ0n) is 12.8. The number of ether oxygens (including phenoxy) is 1. The van der Waals surface area contributed by atoms with Crippen LogP contribution in [0.4, 0.5) is 5.95 Å². The Morgan fingerprint density at radius 2 is 2.00 bits per heavy atom. The van der Waals surface area contributed by atoms with Crippen LogP contribution in [-0.2, 0) is 0 Å². The molecule has 3 aromatic heterocycles. The Bertz CT molecular complexity index is 829. The van der Waals surface area contributed by atoms with Crippen LogP contribution in [-0.4, -0.2) is 55.7 Å². The number of nitrogens with two attached hydrogens (primary N) is 1. The minimum atomic E-state index is 0.178. The summed E-state index contributed by atoms with van der Waals surface area (Å²) in [6.07, 6.45) is 6.25. The molecule has 0 spiro atoms. The molecule has 8 nitrogen and oxygen atoms in total. The molecule has 4 rings (SSSR count). The van der Waals surface area contributed by atoms with E-state index in [2.05, 4.69) is 32.0 Å². The summed E-state index contributed by atoms with van der Waals surface area (Å²) in [5.74, 6) is 0.832. The lowest BCUT2D eigenvalue weighted by Gasteiger charge is -2.13. The van der Waals surface area contributed by atoms with Crippen LogP contribution in [0, 0.1) is 0 Å². The third-order valence-corrected chi connectivity index (χ3v) is 3.94. The van der Waals surface area contributed by atoms with E-state index in [1.54, 1.807) is 23.1 Å². The number of likely N-dealkylation sites (tertiary alicyclic amines) is 1. The SMILES string of the molecule is CN1CCC(Oc2ccc3ncc(-c4cnc(N)nc4)n3n2)C1. The van der Waals surface area contributed by atoms with Gasteiger partial charge < -0.3 is 15.4 Å². The summed E-state index contributed by atoms with van der Waals surface area (Å²) in [5.41, 5.74) is 7.88. The van der Waals surface area contributed by atoms with Crippen molar-refractivity contribution in [3.63, 3.8) is 0 Å². The van der Waals surface area contributed by atoms with Gasteiger partial charge in [-0.3, -0.25) is 0 Å². The maximum Gasteiger partial charge on any atom is 0.232 e. The molecule has 0 amide bonds. The molecule has 3 aromatic rings. The number of likely N-dealkylation sites (N-methyl/N-ethyl adjacent to an activating group) is 1. The van der Waals surface area contributed by atoms with Crippen molar-refractivity contribution in [2.45, 2.75) is 12.5 Å². The second-order valence-corrected chi connectivity index (χ2v) is 5.71. The molecule has 8 heteroatoms. The van der Waals surface area contributed by atoms with E-state index in [0.717, 1.165) is 36.4 Å². The van der Waals surface area contributed by atoms with E-state index in [9.17, 15) is 0 Å². The summed E-state index contributed by atoms with van der Waals surface area (Å²) in [7, 11) is 2.09. The number of rotatable bonds is 3. The van der Waals surface area contributed by atoms with E-state index in [1.165, 1.54) is 0 Å². The van der Waals surface area contributed by atoms with Crippen LogP contribution in [0.15, 0.2) is 30.7 Å². The van der Waals surface area contributed by atoms with Gasteiger partial charge >= 0.3 is 0 Å². The van der Waals surface area contributed by atoms with Crippen LogP contribution in [0.3, 0.4) is 0 Å². The topological polar surface area (TPSA) is 94.5 Å². The van der Waals surface area contributed by atoms with E-state index in [-0.39, 0.29) is 12.1 Å². The standard InChI is InChI=1S/C15H17N7O/c1-21-5-4-11(9-21)23-14-3-2-13-17-8-12(22(13)20-14)10-6-18-15(16)19-7-10/h2-3,6-8,11H,4-5,9H2,1H3,(H2,16,18,19). The van der Waals surface area contributed by atoms with Crippen molar-refractivity contribution in [2.24, 2.45) is 0 Å². The third kappa shape index (κ3) is 2.68. The van der Waals surface area contributed by atoms with E-state index >= 15 is 0 Å². The zero-order valence-corrected chi connectivity index (χ0v) is 12.8. The number of anilines is 1. The summed E-state index contributed by atoms with van der Waals surface area (Å²) in [4.78, 5) is 14.6. The Morgan fingerprint density at radius 1 is 1.17 bits per heavy atom. The van der Waals surface area contributed by atoms with E-state index in [0.29, 0.717) is 5.88 Å². The predicted molar refractivity (Wildman–Crippen MR) is 85.0 cm³/mol. The summed E-state index contributed by atoms with van der Waals surface area (Å²) in [6, 6.07) is 3.74. The van der Waals surface area contributed by atoms with Gasteiger partial charge in [-0.05, 0) is 19.5 Å². The monoisotopic (exact) mass is 311 g/mol. The van der Waals surface area contributed by atoms with E-state index in [1.807, 2.05) is 12.1 Å². The Morgan fingerprint density at radius 3 is 2.74 bits per heavy atom. The predicted octanol–water partition coefficient (Wildman–Crippen LogP) is 0.851. The summed E-state index contributed by atoms with van der Waals surface area (Å²) in [6.45, 7) is 1.97. The van der Waals surface area contributed by atoms with Gasteiger partial charge in [-0.2, -0.15) is 0 Å². The molecule has 1 atom stereocenters. The molecule has 1 aliphatic rings. The number of nitrogens with zero attached hydrogens (tertiary/aromatic N) is 6. The van der Waals surface area contributed by atoms with Crippen molar-refractivity contribution in [3.05, 3.63) is 30.7 Å². The first-order valence-electron chi connectivity index (χ1n) is 7.47. The molecule has 0 saturated carbocycles. The number of hydrogen-bond acceptors (Lipinski definition) is 7. The summed E-state index contributed by atoms with van der Waals surface area (Å²) in [5, 5.41) is 4.55. The first-order chi connectivity index (χ1) is 11.2. The van der Waals surface area contributed by atoms with Crippen LogP contribution in [0.25, 0.3) is 16.9 Å². The molecule has 1 unspecified atom stereocenters. The molecule has 0 bridgehead atoms. The largest absolute Gasteiger partial charge is 0.472 e. The van der Waals surface area contributed by atoms with Crippen LogP contribution in [0.2, 0.25) is 0 Å². The van der Waals surface area contributed by atoms with Gasteiger partial charge in [0.05, 0.1) is 11.9 Å². The molecule has 4 heterocycles. The molecule has 1 saturated heterocycles. The molecule has 2 N–H and O–H groups in total. The van der Waals surface area contributed by atoms with Crippen LogP contribution in [0.1, 0.15) is 6.42 Å². The van der Waals surface area contributed by atoms with Crippen molar-refractivity contribution < 1.29 is 4.74 Å². The lowest BCUT2D eigenvalue weighted by atomic mass is 10.3.